The van der Waals surface area contributed by atoms with E-state index in [-0.39, 0.29) is 28.3 Å². The standard InChI is InChI=1S/C24H23N3O7S2/c1-33-23(29)20-18-11-12-27(24(30)34-2)14-19(18)35-22(20)25-21(28)15-7-6-8-16(13-15)26-36(31,32)17-9-4-3-5-10-17/h3-10,13,26H,11-12,14H2,1-2H3,(H,25,28). The summed E-state index contributed by atoms with van der Waals surface area (Å²) in [5.41, 5.74) is 1.35. The molecule has 2 aromatic carbocycles. The van der Waals surface area contributed by atoms with E-state index in [0.717, 1.165) is 4.88 Å². The number of thiophene rings is 1. The van der Waals surface area contributed by atoms with Crippen LogP contribution >= 0.6 is 11.3 Å². The predicted molar refractivity (Wildman–Crippen MR) is 134 cm³/mol. The third kappa shape index (κ3) is 5.19. The van der Waals surface area contributed by atoms with Gasteiger partial charge in [-0.1, -0.05) is 24.3 Å². The predicted octanol–water partition coefficient (Wildman–Crippen LogP) is 3.71. The molecule has 0 unspecified atom stereocenters. The number of amides is 2. The van der Waals surface area contributed by atoms with Crippen LogP contribution in [0, 0.1) is 0 Å². The minimum atomic E-state index is -3.84. The van der Waals surface area contributed by atoms with Crippen molar-refractivity contribution in [2.45, 2.75) is 17.9 Å². The molecule has 3 aromatic rings. The van der Waals surface area contributed by atoms with Crippen LogP contribution in [0.25, 0.3) is 0 Å². The highest BCUT2D eigenvalue weighted by Gasteiger charge is 2.31. The topological polar surface area (TPSA) is 131 Å². The molecule has 1 aliphatic heterocycles. The van der Waals surface area contributed by atoms with Crippen LogP contribution in [0.15, 0.2) is 59.5 Å². The highest BCUT2D eigenvalue weighted by atomic mass is 32.2. The van der Waals surface area contributed by atoms with Gasteiger partial charge in [0.25, 0.3) is 15.9 Å². The molecule has 188 valence electrons. The largest absolute Gasteiger partial charge is 0.465 e. The molecule has 1 aromatic heterocycles. The molecule has 2 N–H and O–H groups in total. The first-order chi connectivity index (χ1) is 17.2. The van der Waals surface area contributed by atoms with Gasteiger partial charge in [-0.25, -0.2) is 18.0 Å². The summed E-state index contributed by atoms with van der Waals surface area (Å²) < 4.78 is 37.5. The van der Waals surface area contributed by atoms with Gasteiger partial charge in [0, 0.05) is 22.7 Å². The molecule has 1 aliphatic rings. The summed E-state index contributed by atoms with van der Waals surface area (Å²) in [6.07, 6.45) is -0.0770. The summed E-state index contributed by atoms with van der Waals surface area (Å²) >= 11 is 1.18. The van der Waals surface area contributed by atoms with E-state index < -0.39 is 28.0 Å². The van der Waals surface area contributed by atoms with Crippen LogP contribution in [0.5, 0.6) is 0 Å². The zero-order valence-electron chi connectivity index (χ0n) is 19.4. The number of carbonyl (C=O) groups is 3. The van der Waals surface area contributed by atoms with Crippen molar-refractivity contribution in [3.05, 3.63) is 76.2 Å². The SMILES string of the molecule is COC(=O)c1c(NC(=O)c2cccc(NS(=O)(=O)c3ccccc3)c2)sc2c1CCN(C(=O)OC)C2. The molecule has 12 heteroatoms. The van der Waals surface area contributed by atoms with E-state index in [1.807, 2.05) is 0 Å². The van der Waals surface area contributed by atoms with Gasteiger partial charge in [0.2, 0.25) is 0 Å². The highest BCUT2D eigenvalue weighted by Crippen LogP contribution is 2.38. The number of carbonyl (C=O) groups excluding carboxylic acids is 3. The normalized spacial score (nSPS) is 12.9. The summed E-state index contributed by atoms with van der Waals surface area (Å²) in [7, 11) is -1.28. The maximum atomic E-state index is 13.1. The summed E-state index contributed by atoms with van der Waals surface area (Å²) in [4.78, 5) is 39.9. The fourth-order valence-electron chi connectivity index (χ4n) is 3.81. The molecular formula is C24H23N3O7S2. The Labute approximate surface area is 211 Å². The third-order valence-corrected chi connectivity index (χ3v) is 8.07. The van der Waals surface area contributed by atoms with Crippen LogP contribution < -0.4 is 10.0 Å². The average molecular weight is 530 g/mol. The molecule has 0 saturated heterocycles. The number of esters is 1. The van der Waals surface area contributed by atoms with Gasteiger partial charge in [0.15, 0.2) is 0 Å². The van der Waals surface area contributed by atoms with Gasteiger partial charge in [-0.15, -0.1) is 11.3 Å². The zero-order chi connectivity index (χ0) is 25.9. The number of ether oxygens (including phenoxy) is 2. The smallest absolute Gasteiger partial charge is 0.409 e. The van der Waals surface area contributed by atoms with Gasteiger partial charge in [0.1, 0.15) is 5.00 Å². The third-order valence-electron chi connectivity index (χ3n) is 5.54. The molecule has 36 heavy (non-hydrogen) atoms. The Hall–Kier alpha value is -3.90. The number of nitrogens with zero attached hydrogens (tertiary/aromatic N) is 1. The van der Waals surface area contributed by atoms with E-state index in [0.29, 0.717) is 23.5 Å². The molecule has 0 atom stereocenters. The van der Waals surface area contributed by atoms with Crippen LogP contribution in [0.2, 0.25) is 0 Å². The first-order valence-corrected chi connectivity index (χ1v) is 13.1. The van der Waals surface area contributed by atoms with Gasteiger partial charge < -0.3 is 19.7 Å². The van der Waals surface area contributed by atoms with Gasteiger partial charge in [-0.2, -0.15) is 0 Å². The molecule has 0 spiro atoms. The van der Waals surface area contributed by atoms with Crippen molar-refractivity contribution in [1.82, 2.24) is 4.90 Å². The van der Waals surface area contributed by atoms with Gasteiger partial charge in [-0.3, -0.25) is 9.52 Å². The van der Waals surface area contributed by atoms with Crippen LogP contribution in [-0.4, -0.2) is 52.1 Å². The van der Waals surface area contributed by atoms with Gasteiger partial charge in [0.05, 0.1) is 31.2 Å². The van der Waals surface area contributed by atoms with Crippen molar-refractivity contribution < 1.29 is 32.3 Å². The summed E-state index contributed by atoms with van der Waals surface area (Å²) in [6.45, 7) is 0.598. The van der Waals surface area contributed by atoms with Crippen molar-refractivity contribution in [2.24, 2.45) is 0 Å². The Morgan fingerprint density at radius 2 is 1.75 bits per heavy atom. The zero-order valence-corrected chi connectivity index (χ0v) is 21.1. The van der Waals surface area contributed by atoms with Crippen molar-refractivity contribution in [2.75, 3.05) is 30.8 Å². The number of sulfonamides is 1. The molecule has 4 rings (SSSR count). The molecular weight excluding hydrogens is 506 g/mol. The lowest BCUT2D eigenvalue weighted by Crippen LogP contribution is -2.35. The second-order valence-electron chi connectivity index (χ2n) is 7.79. The average Bonchev–Trinajstić information content (AvgIpc) is 3.25. The number of methoxy groups -OCH3 is 2. The number of nitrogens with one attached hydrogen (secondary N) is 2. The van der Waals surface area contributed by atoms with Crippen molar-refractivity contribution in [3.63, 3.8) is 0 Å². The van der Waals surface area contributed by atoms with Crippen molar-refractivity contribution >= 4 is 50.0 Å². The lowest BCUT2D eigenvalue weighted by molar-refractivity contribution is 0.0600. The van der Waals surface area contributed by atoms with Crippen LogP contribution in [0.4, 0.5) is 15.5 Å². The van der Waals surface area contributed by atoms with Crippen molar-refractivity contribution in [3.8, 4) is 0 Å². The van der Waals surface area contributed by atoms with Gasteiger partial charge in [-0.05, 0) is 42.3 Å². The Morgan fingerprint density at radius 1 is 1.00 bits per heavy atom. The molecule has 2 amide bonds. The van der Waals surface area contributed by atoms with Crippen LogP contribution in [0.1, 0.15) is 31.2 Å². The fraction of sp³-hybridized carbons (Fsp3) is 0.208. The minimum absolute atomic E-state index is 0.0905. The Morgan fingerprint density at radius 3 is 2.44 bits per heavy atom. The molecule has 0 radical (unpaired) electrons. The lowest BCUT2D eigenvalue weighted by Gasteiger charge is -2.25. The summed E-state index contributed by atoms with van der Waals surface area (Å²) in [6, 6.07) is 13.9. The lowest BCUT2D eigenvalue weighted by atomic mass is 10.0. The van der Waals surface area contributed by atoms with E-state index in [1.54, 1.807) is 24.3 Å². The summed E-state index contributed by atoms with van der Waals surface area (Å²) in [5.74, 6) is -1.14. The second kappa shape index (κ2) is 10.4. The molecule has 10 nitrogen and oxygen atoms in total. The molecule has 0 fully saturated rings. The Balaban J connectivity index is 1.58. The number of fused-ring (bicyclic) bond motifs is 1. The quantitative estimate of drug-likeness (QED) is 0.466. The van der Waals surface area contributed by atoms with E-state index >= 15 is 0 Å². The minimum Gasteiger partial charge on any atom is -0.465 e. The highest BCUT2D eigenvalue weighted by molar-refractivity contribution is 7.92. The molecule has 0 bridgehead atoms. The van der Waals surface area contributed by atoms with Crippen molar-refractivity contribution in [1.29, 1.82) is 0 Å². The molecule has 0 aliphatic carbocycles. The first kappa shape index (κ1) is 25.2. The fourth-order valence-corrected chi connectivity index (χ4v) is 6.12. The van der Waals surface area contributed by atoms with E-state index in [4.69, 9.17) is 9.47 Å². The number of rotatable bonds is 6. The van der Waals surface area contributed by atoms with Gasteiger partial charge >= 0.3 is 12.1 Å². The second-order valence-corrected chi connectivity index (χ2v) is 10.6. The summed E-state index contributed by atoms with van der Waals surface area (Å²) in [5, 5.41) is 3.04. The van der Waals surface area contributed by atoms with Crippen LogP contribution in [0.3, 0.4) is 0 Å². The van der Waals surface area contributed by atoms with E-state index in [1.165, 1.54) is 60.8 Å². The number of hydrogen-bond donors (Lipinski definition) is 2. The number of hydrogen-bond acceptors (Lipinski definition) is 8. The molecule has 2 heterocycles. The van der Waals surface area contributed by atoms with Crippen LogP contribution in [-0.2, 0) is 32.5 Å². The Bertz CT molecular complexity index is 1420. The maximum absolute atomic E-state index is 13.1. The van der Waals surface area contributed by atoms with E-state index in [2.05, 4.69) is 10.0 Å². The first-order valence-electron chi connectivity index (χ1n) is 10.8. The Kier molecular flexibility index (Phi) is 7.27. The van der Waals surface area contributed by atoms with E-state index in [9.17, 15) is 22.8 Å². The molecule has 0 saturated carbocycles. The number of anilines is 2. The maximum Gasteiger partial charge on any atom is 0.409 e. The monoisotopic (exact) mass is 529 g/mol. The number of benzene rings is 2.